The summed E-state index contributed by atoms with van der Waals surface area (Å²) in [4.78, 5) is 6.67. The van der Waals surface area contributed by atoms with Gasteiger partial charge in [0.15, 0.2) is 11.6 Å². The summed E-state index contributed by atoms with van der Waals surface area (Å²) in [5, 5.41) is 0. The lowest BCUT2D eigenvalue weighted by Gasteiger charge is -2.43. The average molecular weight is 386 g/mol. The molecule has 1 aromatic heterocycles. The number of hydrogen-bond donors (Lipinski definition) is 0. The van der Waals surface area contributed by atoms with Gasteiger partial charge in [0.2, 0.25) is 5.88 Å². The lowest BCUT2D eigenvalue weighted by Crippen LogP contribution is -2.52. The van der Waals surface area contributed by atoms with Crippen molar-refractivity contribution in [3.05, 3.63) is 54.0 Å². The number of rotatable bonds is 6. The van der Waals surface area contributed by atoms with Gasteiger partial charge in [0, 0.05) is 50.5 Å². The molecule has 3 atom stereocenters. The van der Waals surface area contributed by atoms with Crippen LogP contribution in [0.3, 0.4) is 0 Å². The van der Waals surface area contributed by atoms with Crippen LogP contribution in [0.2, 0.25) is 0 Å². The molecule has 1 aliphatic heterocycles. The molecule has 150 valence electrons. The Hall–Kier alpha value is -2.18. The van der Waals surface area contributed by atoms with E-state index in [-0.39, 0.29) is 23.6 Å². The molecule has 2 heterocycles. The van der Waals surface area contributed by atoms with Gasteiger partial charge in [-0.25, -0.2) is 9.37 Å². The molecule has 6 heteroatoms. The molecule has 2 aliphatic rings. The van der Waals surface area contributed by atoms with Crippen molar-refractivity contribution in [2.45, 2.75) is 50.0 Å². The van der Waals surface area contributed by atoms with Crippen LogP contribution in [0.5, 0.6) is 11.6 Å². The second-order valence-corrected chi connectivity index (χ2v) is 7.62. The van der Waals surface area contributed by atoms with Crippen LogP contribution >= 0.6 is 0 Å². The van der Waals surface area contributed by atoms with Crippen molar-refractivity contribution < 1.29 is 18.6 Å². The molecule has 28 heavy (non-hydrogen) atoms. The van der Waals surface area contributed by atoms with Gasteiger partial charge >= 0.3 is 0 Å². The zero-order chi connectivity index (χ0) is 19.6. The van der Waals surface area contributed by atoms with E-state index in [1.54, 1.807) is 19.4 Å². The van der Waals surface area contributed by atoms with Gasteiger partial charge in [-0.2, -0.15) is 0 Å². The lowest BCUT2D eigenvalue weighted by atomic mass is 9.79. The Bertz CT molecular complexity index is 804. The summed E-state index contributed by atoms with van der Waals surface area (Å²) in [5.41, 5.74) is 0.701. The van der Waals surface area contributed by atoms with Crippen LogP contribution < -0.4 is 9.47 Å². The molecule has 4 rings (SSSR count). The highest BCUT2D eigenvalue weighted by molar-refractivity contribution is 5.35. The summed E-state index contributed by atoms with van der Waals surface area (Å²) in [5.74, 6) is 0.667. The molecule has 0 bridgehead atoms. The number of hydrogen-bond acceptors (Lipinski definition) is 5. The number of methoxy groups -OCH3 is 2. The highest BCUT2D eigenvalue weighted by Crippen LogP contribution is 2.44. The summed E-state index contributed by atoms with van der Waals surface area (Å²) in [6, 6.07) is 11.0. The van der Waals surface area contributed by atoms with Crippen LogP contribution in [0.25, 0.3) is 0 Å². The van der Waals surface area contributed by atoms with Crippen molar-refractivity contribution in [1.29, 1.82) is 0 Å². The van der Waals surface area contributed by atoms with E-state index in [2.05, 4.69) is 9.88 Å². The molecule has 5 nitrogen and oxygen atoms in total. The minimum Gasteiger partial charge on any atom is -0.493 e. The number of aromatic nitrogens is 1. The molecule has 0 radical (unpaired) electrons. The molecule has 1 aliphatic carbocycles. The minimum absolute atomic E-state index is 0.0955. The smallest absolute Gasteiger partial charge is 0.213 e. The Balaban J connectivity index is 1.52. The first-order valence-corrected chi connectivity index (χ1v) is 9.83. The Morgan fingerprint density at radius 1 is 1.18 bits per heavy atom. The SMILES string of the molecule is COc1c(F)cccc1CN1CC[C@]2(OC)CC[C@H](Oc3ccccn3)C[C@H]12. The molecule has 2 aromatic rings. The predicted octanol–water partition coefficient (Wildman–Crippen LogP) is 3.82. The molecule has 1 saturated carbocycles. The first-order valence-electron chi connectivity index (χ1n) is 9.83. The van der Waals surface area contributed by atoms with E-state index in [0.29, 0.717) is 18.2 Å². The van der Waals surface area contributed by atoms with E-state index in [4.69, 9.17) is 14.2 Å². The number of para-hydroxylation sites is 1. The zero-order valence-corrected chi connectivity index (χ0v) is 16.4. The third-order valence-electron chi connectivity index (χ3n) is 6.20. The Morgan fingerprint density at radius 2 is 2.07 bits per heavy atom. The van der Waals surface area contributed by atoms with Gasteiger partial charge < -0.3 is 14.2 Å². The van der Waals surface area contributed by atoms with Crippen molar-refractivity contribution in [2.24, 2.45) is 0 Å². The van der Waals surface area contributed by atoms with Gasteiger partial charge in [-0.3, -0.25) is 4.90 Å². The number of ether oxygens (including phenoxy) is 3. The average Bonchev–Trinajstić information content (AvgIpc) is 3.07. The zero-order valence-electron chi connectivity index (χ0n) is 16.4. The number of pyridine rings is 1. The maximum absolute atomic E-state index is 14.1. The molecule has 0 N–H and O–H groups in total. The van der Waals surface area contributed by atoms with Crippen molar-refractivity contribution in [2.75, 3.05) is 20.8 Å². The monoisotopic (exact) mass is 386 g/mol. The lowest BCUT2D eigenvalue weighted by molar-refractivity contribution is -0.0843. The highest BCUT2D eigenvalue weighted by atomic mass is 19.1. The fourth-order valence-corrected chi connectivity index (χ4v) is 4.77. The summed E-state index contributed by atoms with van der Waals surface area (Å²) in [6.45, 7) is 1.54. The number of benzene rings is 1. The molecule has 1 aromatic carbocycles. The van der Waals surface area contributed by atoms with Crippen LogP contribution in [0.15, 0.2) is 42.6 Å². The van der Waals surface area contributed by atoms with Gasteiger partial charge in [-0.15, -0.1) is 0 Å². The van der Waals surface area contributed by atoms with Gasteiger partial charge in [0.25, 0.3) is 0 Å². The third-order valence-corrected chi connectivity index (χ3v) is 6.20. The minimum atomic E-state index is -0.322. The molecule has 0 spiro atoms. The highest BCUT2D eigenvalue weighted by Gasteiger charge is 2.51. The second-order valence-electron chi connectivity index (χ2n) is 7.62. The van der Waals surface area contributed by atoms with Crippen LogP contribution in [0.4, 0.5) is 4.39 Å². The van der Waals surface area contributed by atoms with Gasteiger partial charge in [-0.05, 0) is 31.4 Å². The second kappa shape index (κ2) is 8.05. The van der Waals surface area contributed by atoms with E-state index in [0.717, 1.165) is 37.8 Å². The van der Waals surface area contributed by atoms with Crippen molar-refractivity contribution in [1.82, 2.24) is 9.88 Å². The topological polar surface area (TPSA) is 43.8 Å². The van der Waals surface area contributed by atoms with E-state index >= 15 is 0 Å². The number of nitrogens with zero attached hydrogens (tertiary/aromatic N) is 2. The molecule has 0 amide bonds. The summed E-state index contributed by atoms with van der Waals surface area (Å²) in [7, 11) is 3.32. The number of fused-ring (bicyclic) bond motifs is 1. The fourth-order valence-electron chi connectivity index (χ4n) is 4.77. The van der Waals surface area contributed by atoms with E-state index < -0.39 is 0 Å². The Kier molecular flexibility index (Phi) is 5.51. The maximum atomic E-state index is 14.1. The first kappa shape index (κ1) is 19.2. The van der Waals surface area contributed by atoms with Crippen LogP contribution in [-0.2, 0) is 11.3 Å². The first-order chi connectivity index (χ1) is 13.6. The third kappa shape index (κ3) is 3.59. The fraction of sp³-hybridized carbons (Fsp3) is 0.500. The molecule has 0 unspecified atom stereocenters. The largest absolute Gasteiger partial charge is 0.493 e. The van der Waals surface area contributed by atoms with Crippen molar-refractivity contribution in [3.8, 4) is 11.6 Å². The van der Waals surface area contributed by atoms with Gasteiger partial charge in [0.1, 0.15) is 6.10 Å². The number of likely N-dealkylation sites (tertiary alicyclic amines) is 1. The molecule has 2 fully saturated rings. The van der Waals surface area contributed by atoms with Crippen LogP contribution in [0.1, 0.15) is 31.2 Å². The molecular weight excluding hydrogens is 359 g/mol. The van der Waals surface area contributed by atoms with Crippen molar-refractivity contribution in [3.63, 3.8) is 0 Å². The standard InChI is InChI=1S/C22H27FN2O3/c1-26-21-16(6-5-7-18(21)23)15-25-13-11-22(27-2)10-9-17(14-19(22)25)28-20-8-3-4-12-24-20/h3-8,12,17,19H,9-11,13-15H2,1-2H3/t17-,19-,22+/m0/s1. The van der Waals surface area contributed by atoms with E-state index in [1.807, 2.05) is 24.3 Å². The number of halogens is 1. The Morgan fingerprint density at radius 3 is 2.82 bits per heavy atom. The Labute approximate surface area is 165 Å². The normalized spacial score (nSPS) is 27.4. The molecule has 1 saturated heterocycles. The van der Waals surface area contributed by atoms with E-state index in [1.165, 1.54) is 13.2 Å². The van der Waals surface area contributed by atoms with Crippen molar-refractivity contribution >= 4 is 0 Å². The summed E-state index contributed by atoms with van der Waals surface area (Å²) in [6.07, 6.45) is 5.57. The predicted molar refractivity (Wildman–Crippen MR) is 104 cm³/mol. The molecular formula is C22H27FN2O3. The van der Waals surface area contributed by atoms with Crippen LogP contribution in [0, 0.1) is 5.82 Å². The van der Waals surface area contributed by atoms with Crippen LogP contribution in [-0.4, -0.2) is 48.4 Å². The van der Waals surface area contributed by atoms with E-state index in [9.17, 15) is 4.39 Å². The van der Waals surface area contributed by atoms with Gasteiger partial charge in [0.05, 0.1) is 12.7 Å². The van der Waals surface area contributed by atoms with Gasteiger partial charge in [-0.1, -0.05) is 18.2 Å². The quantitative estimate of drug-likeness (QED) is 0.755. The summed E-state index contributed by atoms with van der Waals surface area (Å²) < 4.78 is 31.6. The summed E-state index contributed by atoms with van der Waals surface area (Å²) >= 11 is 0. The maximum Gasteiger partial charge on any atom is 0.213 e.